The Morgan fingerprint density at radius 1 is 1.00 bits per heavy atom. The van der Waals surface area contributed by atoms with Crippen LogP contribution in [0.1, 0.15) is 20.7 Å². The van der Waals surface area contributed by atoms with Crippen molar-refractivity contribution in [1.29, 1.82) is 0 Å². The van der Waals surface area contributed by atoms with Crippen molar-refractivity contribution in [2.75, 3.05) is 5.32 Å². The van der Waals surface area contributed by atoms with Crippen LogP contribution in [0.3, 0.4) is 0 Å². The zero-order chi connectivity index (χ0) is 15.6. The third-order valence-corrected chi connectivity index (χ3v) is 3.10. The van der Waals surface area contributed by atoms with Gasteiger partial charge < -0.3 is 10.4 Å². The normalized spacial score (nSPS) is 10.2. The lowest BCUT2D eigenvalue weighted by Crippen LogP contribution is -2.16. The second-order valence-corrected chi connectivity index (χ2v) is 4.95. The fourth-order valence-electron chi connectivity index (χ4n) is 1.67. The minimum absolute atomic E-state index is 0.0284. The van der Waals surface area contributed by atoms with Crippen molar-refractivity contribution in [1.82, 2.24) is 0 Å². The number of amides is 1. The van der Waals surface area contributed by atoms with Crippen LogP contribution in [0.15, 0.2) is 36.4 Å². The highest BCUT2D eigenvalue weighted by Crippen LogP contribution is 2.23. The molecule has 1 amide bonds. The molecule has 0 unspecified atom stereocenters. The van der Waals surface area contributed by atoms with Gasteiger partial charge in [0, 0.05) is 10.0 Å². The van der Waals surface area contributed by atoms with Crippen LogP contribution >= 0.6 is 23.2 Å². The van der Waals surface area contributed by atoms with Crippen LogP contribution < -0.4 is 5.32 Å². The minimum Gasteiger partial charge on any atom is -0.478 e. The average molecular weight is 328 g/mol. The maximum absolute atomic E-state index is 13.6. The summed E-state index contributed by atoms with van der Waals surface area (Å²) in [6.07, 6.45) is 0. The van der Waals surface area contributed by atoms with Gasteiger partial charge in [0.1, 0.15) is 5.82 Å². The molecule has 7 heteroatoms. The summed E-state index contributed by atoms with van der Waals surface area (Å²) in [6.45, 7) is 0. The molecule has 21 heavy (non-hydrogen) atoms. The van der Waals surface area contributed by atoms with Crippen LogP contribution in [0, 0.1) is 5.82 Å². The molecule has 0 aromatic heterocycles. The summed E-state index contributed by atoms with van der Waals surface area (Å²) >= 11 is 11.5. The van der Waals surface area contributed by atoms with Crippen molar-refractivity contribution in [3.63, 3.8) is 0 Å². The van der Waals surface area contributed by atoms with Crippen LogP contribution in [0.5, 0.6) is 0 Å². The van der Waals surface area contributed by atoms with Gasteiger partial charge in [-0.3, -0.25) is 4.79 Å². The average Bonchev–Trinajstić information content (AvgIpc) is 2.41. The molecule has 0 radical (unpaired) electrons. The lowest BCUT2D eigenvalue weighted by Gasteiger charge is -2.09. The van der Waals surface area contributed by atoms with Crippen LogP contribution in [-0.2, 0) is 0 Å². The summed E-state index contributed by atoms with van der Waals surface area (Å²) < 4.78 is 13.6. The topological polar surface area (TPSA) is 66.4 Å². The predicted octanol–water partition coefficient (Wildman–Crippen LogP) is 4.08. The fraction of sp³-hybridized carbons (Fsp3) is 0. The van der Waals surface area contributed by atoms with Gasteiger partial charge >= 0.3 is 5.97 Å². The number of carbonyl (C=O) groups is 2. The first-order chi connectivity index (χ1) is 9.88. The molecule has 4 nitrogen and oxygen atoms in total. The third kappa shape index (κ3) is 3.51. The van der Waals surface area contributed by atoms with E-state index in [2.05, 4.69) is 5.32 Å². The molecule has 2 aromatic rings. The Kier molecular flexibility index (Phi) is 4.45. The largest absolute Gasteiger partial charge is 0.478 e. The summed E-state index contributed by atoms with van der Waals surface area (Å²) in [7, 11) is 0. The van der Waals surface area contributed by atoms with Gasteiger partial charge in [0.05, 0.1) is 16.8 Å². The molecule has 2 rings (SSSR count). The molecular formula is C14H8Cl2FNO3. The lowest BCUT2D eigenvalue weighted by molar-refractivity contribution is 0.0698. The number of hydrogen-bond donors (Lipinski definition) is 2. The number of anilines is 1. The maximum atomic E-state index is 13.6. The molecule has 0 fully saturated rings. The van der Waals surface area contributed by atoms with Gasteiger partial charge in [-0.05, 0) is 36.4 Å². The van der Waals surface area contributed by atoms with Gasteiger partial charge in [-0.15, -0.1) is 0 Å². The fourth-order valence-corrected chi connectivity index (χ4v) is 2.01. The summed E-state index contributed by atoms with van der Waals surface area (Å²) in [5.41, 5.74) is -0.478. The molecule has 0 aliphatic heterocycles. The number of benzene rings is 2. The van der Waals surface area contributed by atoms with Crippen molar-refractivity contribution in [3.05, 3.63) is 63.4 Å². The highest BCUT2D eigenvalue weighted by atomic mass is 35.5. The summed E-state index contributed by atoms with van der Waals surface area (Å²) in [5.74, 6) is -2.83. The smallest absolute Gasteiger partial charge is 0.337 e. The maximum Gasteiger partial charge on any atom is 0.337 e. The first kappa shape index (κ1) is 15.3. The Balaban J connectivity index is 2.38. The molecule has 0 aliphatic carbocycles. The molecule has 0 saturated carbocycles. The van der Waals surface area contributed by atoms with Crippen LogP contribution in [0.2, 0.25) is 10.0 Å². The van der Waals surface area contributed by atoms with Gasteiger partial charge in [-0.25, -0.2) is 9.18 Å². The molecule has 108 valence electrons. The van der Waals surface area contributed by atoms with Gasteiger partial charge in [-0.1, -0.05) is 23.2 Å². The van der Waals surface area contributed by atoms with E-state index in [1.807, 2.05) is 0 Å². The first-order valence-electron chi connectivity index (χ1n) is 5.67. The molecule has 2 N–H and O–H groups in total. The molecule has 0 atom stereocenters. The quantitative estimate of drug-likeness (QED) is 0.892. The van der Waals surface area contributed by atoms with Crippen molar-refractivity contribution in [2.24, 2.45) is 0 Å². The molecule has 0 heterocycles. The standard InChI is InChI=1S/C14H8Cl2FNO3/c15-7-2-4-11(17)10(5-7)13(19)18-12-6-8(16)1-3-9(12)14(20)21/h1-6H,(H,18,19)(H,20,21). The van der Waals surface area contributed by atoms with Gasteiger partial charge in [-0.2, -0.15) is 0 Å². The Morgan fingerprint density at radius 2 is 1.62 bits per heavy atom. The van der Waals surface area contributed by atoms with E-state index in [4.69, 9.17) is 28.3 Å². The van der Waals surface area contributed by atoms with E-state index in [9.17, 15) is 14.0 Å². The number of hydrogen-bond acceptors (Lipinski definition) is 2. The number of carbonyl (C=O) groups excluding carboxylic acids is 1. The number of nitrogens with one attached hydrogen (secondary N) is 1. The Morgan fingerprint density at radius 3 is 2.29 bits per heavy atom. The Labute approximate surface area is 129 Å². The van der Waals surface area contributed by atoms with E-state index >= 15 is 0 Å². The van der Waals surface area contributed by atoms with E-state index in [1.165, 1.54) is 24.3 Å². The molecule has 0 saturated heterocycles. The molecule has 0 aliphatic rings. The second-order valence-electron chi connectivity index (χ2n) is 4.07. The minimum atomic E-state index is -1.24. The highest BCUT2D eigenvalue weighted by Gasteiger charge is 2.17. The van der Waals surface area contributed by atoms with Crippen molar-refractivity contribution >= 4 is 40.8 Å². The first-order valence-corrected chi connectivity index (χ1v) is 6.43. The predicted molar refractivity (Wildman–Crippen MR) is 77.8 cm³/mol. The zero-order valence-corrected chi connectivity index (χ0v) is 11.9. The molecular weight excluding hydrogens is 320 g/mol. The molecule has 0 bridgehead atoms. The Hall–Kier alpha value is -2.11. The summed E-state index contributed by atoms with van der Waals surface area (Å²) in [5, 5.41) is 11.8. The van der Waals surface area contributed by atoms with E-state index in [1.54, 1.807) is 0 Å². The summed E-state index contributed by atoms with van der Waals surface area (Å²) in [6, 6.07) is 7.39. The van der Waals surface area contributed by atoms with E-state index in [0.29, 0.717) is 0 Å². The van der Waals surface area contributed by atoms with Crippen molar-refractivity contribution in [2.45, 2.75) is 0 Å². The van der Waals surface area contributed by atoms with Crippen molar-refractivity contribution in [3.8, 4) is 0 Å². The molecule has 2 aromatic carbocycles. The van der Waals surface area contributed by atoms with Crippen LogP contribution in [0.25, 0.3) is 0 Å². The number of carboxylic acids is 1. The number of rotatable bonds is 3. The third-order valence-electron chi connectivity index (χ3n) is 2.63. The zero-order valence-electron chi connectivity index (χ0n) is 10.4. The van der Waals surface area contributed by atoms with E-state index < -0.39 is 17.7 Å². The van der Waals surface area contributed by atoms with Gasteiger partial charge in [0.2, 0.25) is 0 Å². The number of aromatic carboxylic acids is 1. The van der Waals surface area contributed by atoms with Gasteiger partial charge in [0.25, 0.3) is 5.91 Å². The van der Waals surface area contributed by atoms with E-state index in [0.717, 1.165) is 12.1 Å². The number of carboxylic acid groups (broad SMARTS) is 1. The molecule has 0 spiro atoms. The Bertz CT molecular complexity index is 734. The number of halogens is 3. The van der Waals surface area contributed by atoms with Crippen molar-refractivity contribution < 1.29 is 19.1 Å². The SMILES string of the molecule is O=C(Nc1cc(Cl)ccc1C(=O)O)c1cc(Cl)ccc1F. The lowest BCUT2D eigenvalue weighted by atomic mass is 10.1. The van der Waals surface area contributed by atoms with Gasteiger partial charge in [0.15, 0.2) is 0 Å². The van der Waals surface area contributed by atoms with E-state index in [-0.39, 0.29) is 26.9 Å². The summed E-state index contributed by atoms with van der Waals surface area (Å²) in [4.78, 5) is 23.1. The van der Waals surface area contributed by atoms with Crippen LogP contribution in [-0.4, -0.2) is 17.0 Å². The second kappa shape index (κ2) is 6.11. The highest BCUT2D eigenvalue weighted by molar-refractivity contribution is 6.31. The monoisotopic (exact) mass is 327 g/mol. The van der Waals surface area contributed by atoms with Crippen LogP contribution in [0.4, 0.5) is 10.1 Å².